The van der Waals surface area contributed by atoms with Gasteiger partial charge in [-0.3, -0.25) is 10.4 Å². The number of rotatable bonds is 0. The molecule has 0 aromatic carbocycles. The Kier molecular flexibility index (Phi) is 2.83. The normalized spacial score (nSPS) is 8.44. The summed E-state index contributed by atoms with van der Waals surface area (Å²) in [5.41, 5.74) is 0.466. The fraction of sp³-hybridized carbons (Fsp3) is 0.500. The molecule has 0 saturated carbocycles. The molecular weight excluding hydrogens is 124 g/mol. The third-order valence-corrected chi connectivity index (χ3v) is 0.490. The number of hydroxylamine groups is 2. The first-order valence-electron chi connectivity index (χ1n) is 2.27. The molecule has 0 heterocycles. The van der Waals surface area contributed by atoms with Gasteiger partial charge < -0.3 is 0 Å². The maximum atomic E-state index is 10.2. The van der Waals surface area contributed by atoms with Crippen LogP contribution in [0.4, 0.5) is 4.79 Å². The van der Waals surface area contributed by atoms with Gasteiger partial charge in [-0.15, -0.1) is 0 Å². The van der Waals surface area contributed by atoms with E-state index in [1.165, 1.54) is 0 Å². The Hall–Kier alpha value is -0.940. The summed E-state index contributed by atoms with van der Waals surface area (Å²) in [5, 5.41) is 15.4. The van der Waals surface area contributed by atoms with Crippen molar-refractivity contribution in [2.24, 2.45) is 4.99 Å². The zero-order valence-corrected chi connectivity index (χ0v) is 5.20. The van der Waals surface area contributed by atoms with E-state index in [0.29, 0.717) is 5.71 Å². The molecule has 52 valence electrons. The zero-order valence-electron chi connectivity index (χ0n) is 5.20. The standard InChI is InChI=1S/C4H8N2O3/c1-3(2)5-4(7)6(8)9/h8-9H,1-2H3. The van der Waals surface area contributed by atoms with E-state index in [1.54, 1.807) is 13.8 Å². The van der Waals surface area contributed by atoms with Gasteiger partial charge in [0.05, 0.1) is 0 Å². The molecule has 5 nitrogen and oxygen atoms in total. The smallest absolute Gasteiger partial charge is 0.260 e. The molecule has 9 heavy (non-hydrogen) atoms. The highest BCUT2D eigenvalue weighted by Gasteiger charge is 2.02. The van der Waals surface area contributed by atoms with Crippen LogP contribution in [-0.2, 0) is 0 Å². The third-order valence-electron chi connectivity index (χ3n) is 0.490. The SMILES string of the molecule is CC(C)=NC(=O)N(O)O. The maximum absolute atomic E-state index is 10.2. The second kappa shape index (κ2) is 3.16. The van der Waals surface area contributed by atoms with Crippen LogP contribution in [0.2, 0.25) is 0 Å². The number of carbonyl (C=O) groups excluding carboxylic acids is 1. The van der Waals surface area contributed by atoms with Crippen LogP contribution in [0.5, 0.6) is 0 Å². The summed E-state index contributed by atoms with van der Waals surface area (Å²) in [5.74, 6) is 0. The van der Waals surface area contributed by atoms with Crippen LogP contribution in [0.1, 0.15) is 13.8 Å². The van der Waals surface area contributed by atoms with Gasteiger partial charge in [0, 0.05) is 5.71 Å². The second-order valence-electron chi connectivity index (χ2n) is 1.63. The molecule has 0 unspecified atom stereocenters. The second-order valence-corrected chi connectivity index (χ2v) is 1.63. The van der Waals surface area contributed by atoms with Gasteiger partial charge in [0.2, 0.25) is 0 Å². The molecule has 0 saturated heterocycles. The van der Waals surface area contributed by atoms with Gasteiger partial charge >= 0.3 is 6.03 Å². The lowest BCUT2D eigenvalue weighted by Gasteiger charge is -1.99. The monoisotopic (exact) mass is 132 g/mol. The Bertz CT molecular complexity index is 137. The fourth-order valence-corrected chi connectivity index (χ4v) is 0.236. The minimum absolute atomic E-state index is 0.466. The van der Waals surface area contributed by atoms with Crippen molar-refractivity contribution in [1.82, 2.24) is 5.23 Å². The fourth-order valence-electron chi connectivity index (χ4n) is 0.236. The Morgan fingerprint density at radius 2 is 1.89 bits per heavy atom. The molecule has 0 bridgehead atoms. The Balaban J connectivity index is 3.93. The quantitative estimate of drug-likeness (QED) is 0.289. The third kappa shape index (κ3) is 3.63. The molecule has 5 heteroatoms. The molecule has 0 aliphatic carbocycles. The highest BCUT2D eigenvalue weighted by atomic mass is 16.8. The molecule has 0 atom stereocenters. The van der Waals surface area contributed by atoms with Crippen molar-refractivity contribution in [3.63, 3.8) is 0 Å². The first-order valence-corrected chi connectivity index (χ1v) is 2.27. The lowest BCUT2D eigenvalue weighted by atomic mass is 10.5. The van der Waals surface area contributed by atoms with E-state index in [2.05, 4.69) is 4.99 Å². The number of amides is 2. The van der Waals surface area contributed by atoms with Crippen LogP contribution in [-0.4, -0.2) is 27.4 Å². The van der Waals surface area contributed by atoms with Crippen molar-refractivity contribution in [2.45, 2.75) is 13.8 Å². The highest BCUT2D eigenvalue weighted by Crippen LogP contribution is 1.83. The van der Waals surface area contributed by atoms with Gasteiger partial charge in [0.15, 0.2) is 0 Å². The predicted octanol–water partition coefficient (Wildman–Crippen LogP) is 0.668. The molecular formula is C4H8N2O3. The first-order chi connectivity index (χ1) is 4.04. The summed E-state index contributed by atoms with van der Waals surface area (Å²) in [6, 6.07) is -1.09. The van der Waals surface area contributed by atoms with E-state index >= 15 is 0 Å². The summed E-state index contributed by atoms with van der Waals surface area (Å²) in [6.07, 6.45) is 0. The van der Waals surface area contributed by atoms with Crippen LogP contribution in [0.15, 0.2) is 4.99 Å². The zero-order chi connectivity index (χ0) is 7.44. The molecule has 0 spiro atoms. The summed E-state index contributed by atoms with van der Waals surface area (Å²) < 4.78 is 0. The van der Waals surface area contributed by atoms with Gasteiger partial charge in [-0.25, -0.2) is 4.79 Å². The number of carbonyl (C=O) groups is 1. The predicted molar refractivity (Wildman–Crippen MR) is 29.6 cm³/mol. The van der Waals surface area contributed by atoms with E-state index in [0.717, 1.165) is 0 Å². The van der Waals surface area contributed by atoms with Crippen LogP contribution in [0, 0.1) is 0 Å². The average Bonchev–Trinajstić information content (AvgIpc) is 1.63. The van der Waals surface area contributed by atoms with E-state index in [1.807, 2.05) is 0 Å². The van der Waals surface area contributed by atoms with Gasteiger partial charge in [0.25, 0.3) is 0 Å². The number of nitrogens with zero attached hydrogens (tertiary/aromatic N) is 2. The van der Waals surface area contributed by atoms with Crippen molar-refractivity contribution in [3.8, 4) is 0 Å². The molecule has 0 aromatic heterocycles. The molecule has 0 aliphatic heterocycles. The van der Waals surface area contributed by atoms with Crippen molar-refractivity contribution in [2.75, 3.05) is 0 Å². The molecule has 0 radical (unpaired) electrons. The Labute approximate surface area is 52.1 Å². The number of urea groups is 1. The number of hydrogen-bond donors (Lipinski definition) is 2. The molecule has 0 rings (SSSR count). The van der Waals surface area contributed by atoms with Crippen LogP contribution in [0.3, 0.4) is 0 Å². The highest BCUT2D eigenvalue weighted by molar-refractivity contribution is 5.91. The van der Waals surface area contributed by atoms with E-state index < -0.39 is 11.3 Å². The Morgan fingerprint density at radius 3 is 2.00 bits per heavy atom. The van der Waals surface area contributed by atoms with E-state index in [-0.39, 0.29) is 0 Å². The van der Waals surface area contributed by atoms with Gasteiger partial charge in [-0.2, -0.15) is 4.99 Å². The van der Waals surface area contributed by atoms with E-state index in [4.69, 9.17) is 10.4 Å². The largest absolute Gasteiger partial charge is 0.392 e. The molecule has 2 N–H and O–H groups in total. The lowest BCUT2D eigenvalue weighted by Crippen LogP contribution is -2.19. The lowest BCUT2D eigenvalue weighted by molar-refractivity contribution is -0.256. The van der Waals surface area contributed by atoms with Gasteiger partial charge in [-0.1, -0.05) is 5.23 Å². The summed E-state index contributed by atoms with van der Waals surface area (Å²) >= 11 is 0. The van der Waals surface area contributed by atoms with Crippen molar-refractivity contribution in [1.29, 1.82) is 0 Å². The Morgan fingerprint density at radius 1 is 1.44 bits per heavy atom. The summed E-state index contributed by atoms with van der Waals surface area (Å²) in [6.45, 7) is 3.14. The molecule has 2 amide bonds. The van der Waals surface area contributed by atoms with Crippen molar-refractivity contribution >= 4 is 11.7 Å². The summed E-state index contributed by atoms with van der Waals surface area (Å²) in [4.78, 5) is 13.4. The topological polar surface area (TPSA) is 73.1 Å². The number of aliphatic imine (C=N–C) groups is 1. The summed E-state index contributed by atoms with van der Waals surface area (Å²) in [7, 11) is 0. The van der Waals surface area contributed by atoms with E-state index in [9.17, 15) is 4.79 Å². The van der Waals surface area contributed by atoms with Crippen molar-refractivity contribution < 1.29 is 15.2 Å². The first kappa shape index (κ1) is 8.06. The number of hydrogen-bond acceptors (Lipinski definition) is 3. The van der Waals surface area contributed by atoms with Crippen LogP contribution < -0.4 is 0 Å². The van der Waals surface area contributed by atoms with Crippen LogP contribution >= 0.6 is 0 Å². The molecule has 0 aliphatic rings. The van der Waals surface area contributed by atoms with Crippen LogP contribution in [0.25, 0.3) is 0 Å². The van der Waals surface area contributed by atoms with Gasteiger partial charge in [-0.05, 0) is 13.8 Å². The average molecular weight is 132 g/mol. The van der Waals surface area contributed by atoms with Gasteiger partial charge in [0.1, 0.15) is 0 Å². The minimum atomic E-state index is -1.09. The molecule has 0 aromatic rings. The minimum Gasteiger partial charge on any atom is -0.260 e. The van der Waals surface area contributed by atoms with Crippen molar-refractivity contribution in [3.05, 3.63) is 0 Å². The molecule has 0 fully saturated rings. The maximum Gasteiger partial charge on any atom is 0.392 e.